The van der Waals surface area contributed by atoms with E-state index in [4.69, 9.17) is 0 Å². The van der Waals surface area contributed by atoms with Gasteiger partial charge in [0.25, 0.3) is 0 Å². The number of rotatable bonds is 0. The van der Waals surface area contributed by atoms with Gasteiger partial charge in [0.2, 0.25) is 0 Å². The summed E-state index contributed by atoms with van der Waals surface area (Å²) in [4.78, 5) is 0. The van der Waals surface area contributed by atoms with Crippen molar-refractivity contribution in [1.82, 2.24) is 0 Å². The molecule has 0 heterocycles. The second-order valence-electron chi connectivity index (χ2n) is 0. The van der Waals surface area contributed by atoms with E-state index < -0.39 is 0 Å². The minimum absolute atomic E-state index is 0. The third-order valence-corrected chi connectivity index (χ3v) is 0. The van der Waals surface area contributed by atoms with Crippen LogP contribution in [0.4, 0.5) is 0 Å². The van der Waals surface area contributed by atoms with Gasteiger partial charge in [0.15, 0.2) is 0 Å². The molecule has 0 atom stereocenters. The third-order valence-electron chi connectivity index (χ3n) is 0. The summed E-state index contributed by atoms with van der Waals surface area (Å²) in [6.45, 7) is 0. The first-order chi connectivity index (χ1) is 0. The Balaban J connectivity index is 0. The molecule has 4 heteroatoms. The van der Waals surface area contributed by atoms with Crippen LogP contribution in [0.15, 0.2) is 0 Å². The molecule has 0 bridgehead atoms. The molecule has 0 rings (SSSR count). The normalized spacial score (nSPS) is 0. The van der Waals surface area contributed by atoms with Crippen LogP contribution in [0.1, 0.15) is 0 Å². The van der Waals surface area contributed by atoms with Gasteiger partial charge < -0.3 is 0 Å². The third kappa shape index (κ3) is 8.84. The molecule has 4 heavy (non-hydrogen) atoms. The molecule has 0 saturated heterocycles. The molecule has 0 fully saturated rings. The summed E-state index contributed by atoms with van der Waals surface area (Å²) < 4.78 is 0. The van der Waals surface area contributed by atoms with Crippen LogP contribution >= 0.6 is 0 Å². The zero-order chi connectivity index (χ0) is 0. The standard InChI is InChI=1S/Ag.Co.Ni.Zn. The van der Waals surface area contributed by atoms with E-state index in [2.05, 4.69) is 0 Å². The van der Waals surface area contributed by atoms with Gasteiger partial charge in [0.1, 0.15) is 0 Å². The van der Waals surface area contributed by atoms with E-state index in [0.29, 0.717) is 0 Å². The van der Waals surface area contributed by atoms with Gasteiger partial charge in [-0.05, 0) is 0 Å². The summed E-state index contributed by atoms with van der Waals surface area (Å²) in [5.41, 5.74) is 0. The molecule has 0 aliphatic rings. The molecule has 0 spiro atoms. The molecule has 0 N–H and O–H groups in total. The van der Waals surface area contributed by atoms with Gasteiger partial charge in [0.05, 0.1) is 0 Å². The number of hydrogen-bond donors (Lipinski definition) is 0. The quantitative estimate of drug-likeness (QED) is 0.551. The van der Waals surface area contributed by atoms with Gasteiger partial charge in [-0.25, -0.2) is 0 Å². The predicted octanol–water partition coefficient (Wildman–Crippen LogP) is -0.0100. The monoisotopic (exact) mass is 288 g/mol. The topological polar surface area (TPSA) is 0 Å². The van der Waals surface area contributed by atoms with E-state index in [1.807, 2.05) is 0 Å². The van der Waals surface area contributed by atoms with Gasteiger partial charge in [-0.3, -0.25) is 0 Å². The van der Waals surface area contributed by atoms with Crippen LogP contribution in [0.25, 0.3) is 0 Å². The summed E-state index contributed by atoms with van der Waals surface area (Å²) >= 11 is 0. The van der Waals surface area contributed by atoms with Crippen molar-refractivity contribution < 1.29 is 75.1 Å². The van der Waals surface area contributed by atoms with E-state index >= 15 is 0 Å². The van der Waals surface area contributed by atoms with Crippen molar-refractivity contribution in [3.63, 3.8) is 0 Å². The van der Waals surface area contributed by atoms with Crippen LogP contribution < -0.4 is 0 Å². The van der Waals surface area contributed by atoms with Crippen LogP contribution in [0, 0.1) is 0 Å². The van der Waals surface area contributed by atoms with Crippen molar-refractivity contribution >= 4 is 0 Å². The summed E-state index contributed by atoms with van der Waals surface area (Å²) in [7, 11) is 0. The Morgan fingerprint density at radius 1 is 1.00 bits per heavy atom. The maximum atomic E-state index is 0. The van der Waals surface area contributed by atoms with Crippen LogP contribution in [0.2, 0.25) is 0 Å². The summed E-state index contributed by atoms with van der Waals surface area (Å²) in [5.74, 6) is 0. The van der Waals surface area contributed by atoms with Gasteiger partial charge in [-0.1, -0.05) is 0 Å². The minimum Gasteiger partial charge on any atom is 0 e. The molecule has 0 aromatic rings. The fraction of sp³-hybridized carbons (Fsp3) is 0. The van der Waals surface area contributed by atoms with Crippen molar-refractivity contribution in [2.24, 2.45) is 0 Å². The fourth-order valence-electron chi connectivity index (χ4n) is 0. The van der Waals surface area contributed by atoms with Gasteiger partial charge in [-0.15, -0.1) is 0 Å². The van der Waals surface area contributed by atoms with E-state index in [9.17, 15) is 0 Å². The van der Waals surface area contributed by atoms with Crippen molar-refractivity contribution in [2.45, 2.75) is 0 Å². The smallest absolute Gasteiger partial charge is 0 e. The molecule has 0 amide bonds. The predicted molar refractivity (Wildman–Crippen MR) is 0 cm³/mol. The second-order valence-corrected chi connectivity index (χ2v) is 0. The molecule has 0 saturated carbocycles. The maximum absolute atomic E-state index is 0. The molecule has 0 nitrogen and oxygen atoms in total. The molecule has 32 valence electrons. The second kappa shape index (κ2) is 18.3. The summed E-state index contributed by atoms with van der Waals surface area (Å²) in [6.07, 6.45) is 0. The first-order valence-corrected chi connectivity index (χ1v) is 0. The molecule has 0 unspecified atom stereocenters. The zero-order valence-electron chi connectivity index (χ0n) is 1.66. The Morgan fingerprint density at radius 3 is 1.00 bits per heavy atom. The molecule has 0 aromatic carbocycles. The molecule has 0 aromatic heterocycles. The van der Waals surface area contributed by atoms with Crippen molar-refractivity contribution in [3.05, 3.63) is 0 Å². The van der Waals surface area contributed by atoms with Crippen LogP contribution in [0.3, 0.4) is 0 Å². The Labute approximate surface area is 74.3 Å². The Hall–Kier alpha value is 2.36. The first kappa shape index (κ1) is 32.8. The van der Waals surface area contributed by atoms with Crippen molar-refractivity contribution in [3.8, 4) is 0 Å². The van der Waals surface area contributed by atoms with E-state index in [-0.39, 0.29) is 75.1 Å². The van der Waals surface area contributed by atoms with E-state index in [1.54, 1.807) is 0 Å². The Morgan fingerprint density at radius 2 is 1.00 bits per heavy atom. The Bertz CT molecular complexity index is 8.00. The van der Waals surface area contributed by atoms with Crippen LogP contribution in [-0.2, 0) is 75.1 Å². The van der Waals surface area contributed by atoms with E-state index in [0.717, 1.165) is 0 Å². The summed E-state index contributed by atoms with van der Waals surface area (Å²) in [5, 5.41) is 0. The van der Waals surface area contributed by atoms with Crippen LogP contribution in [0.5, 0.6) is 0 Å². The minimum atomic E-state index is 0. The fourth-order valence-corrected chi connectivity index (χ4v) is 0. The first-order valence-electron chi connectivity index (χ1n) is 0. The van der Waals surface area contributed by atoms with Gasteiger partial charge in [-0.2, -0.15) is 0 Å². The molecule has 0 aliphatic carbocycles. The molecule has 0 aliphatic heterocycles. The molecular weight excluding hydrogens is 291 g/mol. The van der Waals surface area contributed by atoms with Gasteiger partial charge in [0, 0.05) is 75.1 Å². The number of hydrogen-bond acceptors (Lipinski definition) is 0. The van der Waals surface area contributed by atoms with Crippen molar-refractivity contribution in [1.29, 1.82) is 0 Å². The zero-order valence-corrected chi connectivity index (χ0v) is 8.14. The Kier molecular flexibility index (Phi) is 150. The maximum Gasteiger partial charge on any atom is 0 e. The SMILES string of the molecule is [Ag].[Co].[Ni].[Zn]. The van der Waals surface area contributed by atoms with E-state index in [1.165, 1.54) is 0 Å². The summed E-state index contributed by atoms with van der Waals surface area (Å²) in [6, 6.07) is 0. The average Bonchev–Trinajstić information content (AvgIpc) is 0. The van der Waals surface area contributed by atoms with Gasteiger partial charge >= 0.3 is 0 Å². The average molecular weight is 291 g/mol. The van der Waals surface area contributed by atoms with Crippen molar-refractivity contribution in [2.75, 3.05) is 0 Å². The largest absolute Gasteiger partial charge is 0 e. The molecular formula is AgCoNiZn. The van der Waals surface area contributed by atoms with Crippen LogP contribution in [-0.4, -0.2) is 0 Å². The molecule has 2 radical (unpaired) electrons.